The monoisotopic (exact) mass is 462 g/mol. The number of likely N-dealkylation sites (tertiary alicyclic amines) is 1. The number of nitriles is 2. The summed E-state index contributed by atoms with van der Waals surface area (Å²) in [5, 5.41) is 19.3. The van der Waals surface area contributed by atoms with E-state index < -0.39 is 11.2 Å². The van der Waals surface area contributed by atoms with E-state index in [1.54, 1.807) is 29.0 Å². The van der Waals surface area contributed by atoms with E-state index >= 15 is 0 Å². The van der Waals surface area contributed by atoms with Crippen LogP contribution in [0.1, 0.15) is 47.3 Å². The maximum Gasteiger partial charge on any atom is 0.242 e. The first-order valence-electron chi connectivity index (χ1n) is 10.8. The summed E-state index contributed by atoms with van der Waals surface area (Å²) in [6.45, 7) is 3.39. The van der Waals surface area contributed by atoms with Crippen LogP contribution < -0.4 is 10.6 Å². The van der Waals surface area contributed by atoms with Crippen LogP contribution in [0.25, 0.3) is 0 Å². The molecule has 0 saturated carbocycles. The van der Waals surface area contributed by atoms with Crippen LogP contribution >= 0.6 is 11.8 Å². The Bertz CT molecular complexity index is 1120. The summed E-state index contributed by atoms with van der Waals surface area (Å²) in [5.41, 5.74) is 7.45. The first kappa shape index (κ1) is 24.1. The van der Waals surface area contributed by atoms with Crippen LogP contribution in [0.4, 0.5) is 5.82 Å². The SMILES string of the molecule is CCc1c(C#N)c(SC(C(N)=O)c2ccccc2)nc(N(C)CC(=O)N2CCCC2)c1C#N. The summed E-state index contributed by atoms with van der Waals surface area (Å²) >= 11 is 1.09. The zero-order valence-corrected chi connectivity index (χ0v) is 19.6. The Labute approximate surface area is 198 Å². The van der Waals surface area contributed by atoms with Gasteiger partial charge in [0.2, 0.25) is 11.8 Å². The molecule has 1 fully saturated rings. The lowest BCUT2D eigenvalue weighted by Gasteiger charge is -2.25. The number of carbonyl (C=O) groups excluding carboxylic acids is 2. The molecule has 170 valence electrons. The van der Waals surface area contributed by atoms with Crippen molar-refractivity contribution >= 4 is 29.4 Å². The number of nitrogens with zero attached hydrogens (tertiary/aromatic N) is 5. The highest BCUT2D eigenvalue weighted by molar-refractivity contribution is 8.00. The molecule has 1 atom stereocenters. The number of carbonyl (C=O) groups is 2. The zero-order valence-electron chi connectivity index (χ0n) is 18.7. The van der Waals surface area contributed by atoms with Crippen molar-refractivity contribution < 1.29 is 9.59 Å². The predicted octanol–water partition coefficient (Wildman–Crippen LogP) is 2.76. The molecule has 0 spiro atoms. The number of nitrogens with two attached hydrogens (primary N) is 1. The van der Waals surface area contributed by atoms with Crippen LogP contribution in [0.5, 0.6) is 0 Å². The Morgan fingerprint density at radius 3 is 2.36 bits per heavy atom. The van der Waals surface area contributed by atoms with Gasteiger partial charge in [-0.3, -0.25) is 9.59 Å². The van der Waals surface area contributed by atoms with Crippen molar-refractivity contribution in [2.75, 3.05) is 31.6 Å². The number of aromatic nitrogens is 1. The molecule has 2 heterocycles. The van der Waals surface area contributed by atoms with Gasteiger partial charge in [0.05, 0.1) is 17.7 Å². The zero-order chi connectivity index (χ0) is 24.0. The minimum Gasteiger partial charge on any atom is -0.368 e. The average Bonchev–Trinajstić information content (AvgIpc) is 3.36. The lowest BCUT2D eigenvalue weighted by atomic mass is 10.0. The summed E-state index contributed by atoms with van der Waals surface area (Å²) < 4.78 is 0. The molecule has 1 unspecified atom stereocenters. The van der Waals surface area contributed by atoms with E-state index in [1.807, 2.05) is 25.1 Å². The van der Waals surface area contributed by atoms with Crippen molar-refractivity contribution in [2.45, 2.75) is 36.5 Å². The second-order valence-corrected chi connectivity index (χ2v) is 8.89. The van der Waals surface area contributed by atoms with Crippen molar-refractivity contribution in [1.29, 1.82) is 10.5 Å². The Morgan fingerprint density at radius 1 is 1.18 bits per heavy atom. The fourth-order valence-electron chi connectivity index (χ4n) is 3.92. The lowest BCUT2D eigenvalue weighted by Crippen LogP contribution is -2.38. The van der Waals surface area contributed by atoms with Gasteiger partial charge in [0, 0.05) is 20.1 Å². The molecule has 9 heteroatoms. The number of pyridine rings is 1. The van der Waals surface area contributed by atoms with E-state index in [2.05, 4.69) is 17.1 Å². The molecule has 1 saturated heterocycles. The predicted molar refractivity (Wildman–Crippen MR) is 126 cm³/mol. The third kappa shape index (κ3) is 5.27. The van der Waals surface area contributed by atoms with Gasteiger partial charge in [-0.15, -0.1) is 0 Å². The van der Waals surface area contributed by atoms with Gasteiger partial charge in [0.25, 0.3) is 0 Å². The van der Waals surface area contributed by atoms with E-state index in [9.17, 15) is 20.1 Å². The second-order valence-electron chi connectivity index (χ2n) is 7.80. The van der Waals surface area contributed by atoms with Gasteiger partial charge in [-0.25, -0.2) is 4.98 Å². The Kier molecular flexibility index (Phi) is 7.92. The van der Waals surface area contributed by atoms with Gasteiger partial charge < -0.3 is 15.5 Å². The molecule has 1 aromatic carbocycles. The molecule has 2 N–H and O–H groups in total. The number of hydrogen-bond donors (Lipinski definition) is 1. The van der Waals surface area contributed by atoms with Gasteiger partial charge in [-0.2, -0.15) is 10.5 Å². The number of likely N-dealkylation sites (N-methyl/N-ethyl adjacent to an activating group) is 1. The topological polar surface area (TPSA) is 127 Å². The largest absolute Gasteiger partial charge is 0.368 e. The van der Waals surface area contributed by atoms with Crippen molar-refractivity contribution in [3.8, 4) is 12.1 Å². The Hall–Kier alpha value is -3.56. The fourth-order valence-corrected chi connectivity index (χ4v) is 4.98. The first-order valence-corrected chi connectivity index (χ1v) is 11.7. The van der Waals surface area contributed by atoms with Gasteiger partial charge in [-0.1, -0.05) is 49.0 Å². The minimum absolute atomic E-state index is 0.0309. The second kappa shape index (κ2) is 10.8. The molecule has 1 aliphatic heterocycles. The van der Waals surface area contributed by atoms with E-state index in [0.717, 1.165) is 37.7 Å². The van der Waals surface area contributed by atoms with Crippen LogP contribution in [0.3, 0.4) is 0 Å². The molecule has 8 nitrogen and oxygen atoms in total. The van der Waals surface area contributed by atoms with Crippen LogP contribution in [0, 0.1) is 22.7 Å². The quantitative estimate of drug-likeness (QED) is 0.598. The third-order valence-electron chi connectivity index (χ3n) is 5.61. The van der Waals surface area contributed by atoms with Gasteiger partial charge in [0.1, 0.15) is 28.2 Å². The molecule has 1 aliphatic rings. The van der Waals surface area contributed by atoms with Crippen molar-refractivity contribution in [3.05, 3.63) is 52.6 Å². The van der Waals surface area contributed by atoms with E-state index in [4.69, 9.17) is 5.73 Å². The summed E-state index contributed by atoms with van der Waals surface area (Å²) in [6, 6.07) is 13.4. The number of amides is 2. The summed E-state index contributed by atoms with van der Waals surface area (Å²) in [5.74, 6) is -0.269. The molecular weight excluding hydrogens is 436 g/mol. The van der Waals surface area contributed by atoms with E-state index in [-0.39, 0.29) is 23.6 Å². The highest BCUT2D eigenvalue weighted by atomic mass is 32.2. The maximum atomic E-state index is 12.7. The smallest absolute Gasteiger partial charge is 0.242 e. The number of hydrogen-bond acceptors (Lipinski definition) is 7. The van der Waals surface area contributed by atoms with Gasteiger partial charge in [0.15, 0.2) is 0 Å². The first-order chi connectivity index (χ1) is 15.9. The van der Waals surface area contributed by atoms with Crippen LogP contribution in [0.15, 0.2) is 35.4 Å². The van der Waals surface area contributed by atoms with Crippen LogP contribution in [-0.4, -0.2) is 48.4 Å². The Morgan fingerprint density at radius 2 is 1.82 bits per heavy atom. The van der Waals surface area contributed by atoms with Gasteiger partial charge >= 0.3 is 0 Å². The lowest BCUT2D eigenvalue weighted by molar-refractivity contribution is -0.128. The van der Waals surface area contributed by atoms with Crippen molar-refractivity contribution in [1.82, 2.24) is 9.88 Å². The minimum atomic E-state index is -0.757. The van der Waals surface area contributed by atoms with Crippen molar-refractivity contribution in [3.63, 3.8) is 0 Å². The highest BCUT2D eigenvalue weighted by Gasteiger charge is 2.28. The number of primary amides is 1. The molecule has 2 aromatic rings. The maximum absolute atomic E-state index is 12.7. The molecule has 0 radical (unpaired) electrons. The number of benzene rings is 1. The number of thioether (sulfide) groups is 1. The number of anilines is 1. The molecule has 0 aliphatic carbocycles. The van der Waals surface area contributed by atoms with Gasteiger partial charge in [-0.05, 0) is 30.4 Å². The normalized spacial score (nSPS) is 13.8. The number of rotatable bonds is 8. The molecule has 0 bridgehead atoms. The molecule has 1 aromatic heterocycles. The van der Waals surface area contributed by atoms with Crippen LogP contribution in [0.2, 0.25) is 0 Å². The molecule has 3 rings (SSSR count). The third-order valence-corrected chi connectivity index (χ3v) is 6.87. The fraction of sp³-hybridized carbons (Fsp3) is 0.375. The van der Waals surface area contributed by atoms with E-state index in [1.165, 1.54) is 0 Å². The highest BCUT2D eigenvalue weighted by Crippen LogP contribution is 2.39. The van der Waals surface area contributed by atoms with Crippen molar-refractivity contribution in [2.24, 2.45) is 5.73 Å². The molecule has 33 heavy (non-hydrogen) atoms. The summed E-state index contributed by atoms with van der Waals surface area (Å²) in [4.78, 5) is 33.0. The average molecular weight is 463 g/mol. The summed E-state index contributed by atoms with van der Waals surface area (Å²) in [7, 11) is 1.71. The molecule has 2 amide bonds. The summed E-state index contributed by atoms with van der Waals surface area (Å²) in [6.07, 6.45) is 2.40. The van der Waals surface area contributed by atoms with E-state index in [0.29, 0.717) is 28.4 Å². The standard InChI is InChI=1S/C24H26N6O2S/c1-3-17-18(13-25)23(29(2)15-20(31)30-11-7-8-12-30)28-24(19(17)14-26)33-21(22(27)32)16-9-5-4-6-10-16/h4-6,9-10,21H,3,7-8,11-12,15H2,1-2H3,(H2,27,32). The Balaban J connectivity index is 2.04. The molecular formula is C24H26N6O2S. The van der Waals surface area contributed by atoms with Crippen LogP contribution in [-0.2, 0) is 16.0 Å².